The minimum atomic E-state index is -0.688. The molecular formula is C20H17Cl2N5O4. The van der Waals surface area contributed by atoms with Gasteiger partial charge in [0.25, 0.3) is 11.1 Å². The van der Waals surface area contributed by atoms with E-state index in [0.717, 1.165) is 35.9 Å². The lowest BCUT2D eigenvalue weighted by Gasteiger charge is -2.18. The van der Waals surface area contributed by atoms with Crippen LogP contribution in [-0.4, -0.2) is 25.0 Å². The maximum absolute atomic E-state index is 12.3. The summed E-state index contributed by atoms with van der Waals surface area (Å²) < 4.78 is 6.96. The molecule has 5 rings (SSSR count). The number of nitrogens with one attached hydrogen (secondary N) is 2. The molecule has 2 aliphatic rings. The molecule has 0 unspecified atom stereocenters. The maximum atomic E-state index is 12.3. The van der Waals surface area contributed by atoms with Gasteiger partial charge in [-0.1, -0.05) is 23.2 Å². The third-order valence-corrected chi connectivity index (χ3v) is 6.06. The summed E-state index contributed by atoms with van der Waals surface area (Å²) in [5.74, 6) is 0.460. The number of aromatic amines is 2. The third-order valence-electron chi connectivity index (χ3n) is 5.50. The molecule has 0 radical (unpaired) electrons. The zero-order chi connectivity index (χ0) is 21.7. The first-order chi connectivity index (χ1) is 14.9. The van der Waals surface area contributed by atoms with Gasteiger partial charge in [-0.25, -0.2) is 9.89 Å². The number of hydrogen-bond donors (Lipinski definition) is 2. The van der Waals surface area contributed by atoms with Crippen LogP contribution in [0, 0.1) is 0 Å². The van der Waals surface area contributed by atoms with Gasteiger partial charge >= 0.3 is 5.69 Å². The molecule has 0 spiro atoms. The normalized spacial score (nSPS) is 15.5. The largest absolute Gasteiger partial charge is 0.434 e. The van der Waals surface area contributed by atoms with Gasteiger partial charge in [0.1, 0.15) is 5.69 Å². The molecular weight excluding hydrogens is 445 g/mol. The predicted octanol–water partition coefficient (Wildman–Crippen LogP) is 2.86. The molecule has 2 heterocycles. The average molecular weight is 462 g/mol. The lowest BCUT2D eigenvalue weighted by Crippen LogP contribution is -2.33. The number of benzene rings is 1. The second-order valence-corrected chi connectivity index (χ2v) is 8.51. The van der Waals surface area contributed by atoms with Crippen LogP contribution in [0.15, 0.2) is 26.5 Å². The first-order valence-corrected chi connectivity index (χ1v) is 10.7. The molecule has 31 heavy (non-hydrogen) atoms. The van der Waals surface area contributed by atoms with Crippen molar-refractivity contribution in [2.24, 2.45) is 0 Å². The fourth-order valence-electron chi connectivity index (χ4n) is 3.79. The van der Waals surface area contributed by atoms with E-state index >= 15 is 0 Å². The summed E-state index contributed by atoms with van der Waals surface area (Å²) in [6.07, 6.45) is 4.92. The number of ether oxygens (including phenoxy) is 1. The highest BCUT2D eigenvalue weighted by Crippen LogP contribution is 2.40. The average Bonchev–Trinajstić information content (AvgIpc) is 3.57. The van der Waals surface area contributed by atoms with E-state index in [-0.39, 0.29) is 33.2 Å². The summed E-state index contributed by atoms with van der Waals surface area (Å²) in [7, 11) is 0. The topological polar surface area (TPSA) is 123 Å². The van der Waals surface area contributed by atoms with E-state index in [9.17, 15) is 14.4 Å². The predicted molar refractivity (Wildman–Crippen MR) is 114 cm³/mol. The molecule has 0 aliphatic heterocycles. The van der Waals surface area contributed by atoms with Gasteiger partial charge in [-0.05, 0) is 50.7 Å². The molecule has 0 bridgehead atoms. The summed E-state index contributed by atoms with van der Waals surface area (Å²) in [4.78, 5) is 38.6. The molecule has 9 nitrogen and oxygen atoms in total. The first kappa shape index (κ1) is 20.0. The van der Waals surface area contributed by atoms with E-state index in [1.54, 1.807) is 0 Å². The van der Waals surface area contributed by atoms with Gasteiger partial charge < -0.3 is 4.74 Å². The molecule has 160 valence electrons. The Hall–Kier alpha value is -2.91. The Morgan fingerprint density at radius 2 is 1.68 bits per heavy atom. The second kappa shape index (κ2) is 7.65. The Balaban J connectivity index is 1.55. The van der Waals surface area contributed by atoms with E-state index < -0.39 is 11.2 Å². The van der Waals surface area contributed by atoms with E-state index in [2.05, 4.69) is 20.3 Å². The van der Waals surface area contributed by atoms with Crippen LogP contribution in [0.25, 0.3) is 5.69 Å². The Kier molecular flexibility index (Phi) is 4.94. The van der Waals surface area contributed by atoms with Crippen molar-refractivity contribution in [2.45, 2.75) is 44.4 Å². The minimum absolute atomic E-state index is 0.0571. The Morgan fingerprint density at radius 1 is 1.00 bits per heavy atom. The van der Waals surface area contributed by atoms with Crippen molar-refractivity contribution in [1.82, 2.24) is 25.0 Å². The lowest BCUT2D eigenvalue weighted by molar-refractivity contribution is 0.440. The fraction of sp³-hybridized carbons (Fsp3) is 0.350. The molecule has 2 N–H and O–H groups in total. The van der Waals surface area contributed by atoms with Crippen molar-refractivity contribution >= 4 is 23.2 Å². The Morgan fingerprint density at radius 3 is 2.35 bits per heavy atom. The fourth-order valence-corrected chi connectivity index (χ4v) is 4.34. The molecule has 1 saturated carbocycles. The van der Waals surface area contributed by atoms with Crippen molar-refractivity contribution in [3.63, 3.8) is 0 Å². The van der Waals surface area contributed by atoms with Crippen LogP contribution < -0.4 is 21.5 Å². The van der Waals surface area contributed by atoms with Gasteiger partial charge in [0.15, 0.2) is 5.75 Å². The van der Waals surface area contributed by atoms with Gasteiger partial charge in [0.2, 0.25) is 5.88 Å². The number of hydrogen-bond acceptors (Lipinski definition) is 6. The van der Waals surface area contributed by atoms with Crippen molar-refractivity contribution in [3.05, 3.63) is 70.2 Å². The molecule has 2 aromatic heterocycles. The van der Waals surface area contributed by atoms with E-state index in [4.69, 9.17) is 27.9 Å². The van der Waals surface area contributed by atoms with Crippen molar-refractivity contribution in [3.8, 4) is 17.3 Å². The van der Waals surface area contributed by atoms with Gasteiger partial charge in [0.05, 0.1) is 15.7 Å². The highest BCUT2D eigenvalue weighted by molar-refractivity contribution is 6.37. The summed E-state index contributed by atoms with van der Waals surface area (Å²) >= 11 is 12.8. The summed E-state index contributed by atoms with van der Waals surface area (Å²) in [6.45, 7) is 0. The van der Waals surface area contributed by atoms with Crippen molar-refractivity contribution < 1.29 is 4.74 Å². The monoisotopic (exact) mass is 461 g/mol. The van der Waals surface area contributed by atoms with Crippen LogP contribution in [0.2, 0.25) is 10.0 Å². The number of fused-ring (bicyclic) bond motifs is 1. The molecule has 0 atom stereocenters. The summed E-state index contributed by atoms with van der Waals surface area (Å²) in [5, 5.41) is 11.0. The van der Waals surface area contributed by atoms with Crippen LogP contribution in [0.5, 0.6) is 11.6 Å². The number of H-pyrrole nitrogens is 2. The highest BCUT2D eigenvalue weighted by atomic mass is 35.5. The van der Waals surface area contributed by atoms with Gasteiger partial charge in [-0.3, -0.25) is 14.6 Å². The third kappa shape index (κ3) is 3.68. The first-order valence-electron chi connectivity index (χ1n) is 9.93. The maximum Gasteiger partial charge on any atom is 0.349 e. The highest BCUT2D eigenvalue weighted by Gasteiger charge is 2.29. The number of aromatic nitrogens is 5. The van der Waals surface area contributed by atoms with Gasteiger partial charge in [0, 0.05) is 17.0 Å². The van der Waals surface area contributed by atoms with Crippen molar-refractivity contribution in [1.29, 1.82) is 0 Å². The lowest BCUT2D eigenvalue weighted by atomic mass is 9.94. The van der Waals surface area contributed by atoms with Crippen LogP contribution in [-0.2, 0) is 12.8 Å². The minimum Gasteiger partial charge on any atom is -0.434 e. The molecule has 2 aliphatic carbocycles. The molecule has 0 amide bonds. The van der Waals surface area contributed by atoms with E-state index in [0.29, 0.717) is 29.8 Å². The molecule has 1 fully saturated rings. The van der Waals surface area contributed by atoms with E-state index in [1.165, 1.54) is 12.1 Å². The molecule has 0 saturated heterocycles. The SMILES string of the molecule is O=c1[nH]c(=O)n(-c2cc(Cl)c(Oc3n[nH]c(=O)c4c3CCCC4)c(Cl)c2)nc1C1CC1. The zero-order valence-corrected chi connectivity index (χ0v) is 17.7. The van der Waals surface area contributed by atoms with Gasteiger partial charge in [-0.2, -0.15) is 9.78 Å². The second-order valence-electron chi connectivity index (χ2n) is 7.69. The Bertz CT molecular complexity index is 1350. The number of nitrogens with zero attached hydrogens (tertiary/aromatic N) is 3. The molecule has 3 aromatic rings. The number of halogens is 2. The summed E-state index contributed by atoms with van der Waals surface area (Å²) in [6, 6.07) is 2.95. The van der Waals surface area contributed by atoms with Crippen LogP contribution >= 0.6 is 23.2 Å². The Labute approximate surface area is 185 Å². The smallest absolute Gasteiger partial charge is 0.349 e. The quantitative estimate of drug-likeness (QED) is 0.615. The van der Waals surface area contributed by atoms with Crippen LogP contribution in [0.4, 0.5) is 0 Å². The summed E-state index contributed by atoms with van der Waals surface area (Å²) in [5.41, 5.74) is 0.639. The standard InChI is InChI=1S/C20H17Cl2N5O4/c21-13-7-10(27-20(30)23-18(29)15(26-27)9-5-6-9)8-14(22)16(13)31-19-12-4-2-1-3-11(12)17(28)24-25-19/h7-9H,1-6H2,(H,24,28)(H,23,29,30). The van der Waals surface area contributed by atoms with Gasteiger partial charge in [-0.15, -0.1) is 5.10 Å². The van der Waals surface area contributed by atoms with E-state index in [1.807, 2.05) is 0 Å². The van der Waals surface area contributed by atoms with Crippen molar-refractivity contribution in [2.75, 3.05) is 0 Å². The molecule has 11 heteroatoms. The van der Waals surface area contributed by atoms with Crippen LogP contribution in [0.3, 0.4) is 0 Å². The number of rotatable bonds is 4. The van der Waals surface area contributed by atoms with Crippen LogP contribution in [0.1, 0.15) is 48.4 Å². The molecule has 1 aromatic carbocycles. The zero-order valence-electron chi connectivity index (χ0n) is 16.2.